The molecule has 0 aliphatic rings. The minimum Gasteiger partial charge on any atom is -0.352 e. The third-order valence-corrected chi connectivity index (χ3v) is 4.53. The largest absolute Gasteiger partial charge is 0.352 e. The number of carbonyl (C=O) groups excluding carboxylic acids is 1. The van der Waals surface area contributed by atoms with Crippen molar-refractivity contribution < 1.29 is 13.2 Å². The molecule has 1 aromatic carbocycles. The van der Waals surface area contributed by atoms with Crippen LogP contribution in [0, 0.1) is 0 Å². The highest BCUT2D eigenvalue weighted by molar-refractivity contribution is 7.89. The van der Waals surface area contributed by atoms with E-state index >= 15 is 0 Å². The molecule has 0 saturated carbocycles. The SMILES string of the molecule is CCCN(C)S(=O)(=O)c1cccc(C(=O)NCC)c1. The molecule has 0 unspecified atom stereocenters. The number of benzene rings is 1. The van der Waals surface area contributed by atoms with Crippen LogP contribution in [-0.4, -0.2) is 38.8 Å². The van der Waals surface area contributed by atoms with Gasteiger partial charge in [-0.15, -0.1) is 0 Å². The number of carbonyl (C=O) groups is 1. The van der Waals surface area contributed by atoms with Crippen LogP contribution in [-0.2, 0) is 10.0 Å². The number of sulfonamides is 1. The number of rotatable bonds is 6. The lowest BCUT2D eigenvalue weighted by Gasteiger charge is -2.16. The van der Waals surface area contributed by atoms with E-state index in [1.165, 1.54) is 23.5 Å². The van der Waals surface area contributed by atoms with Crippen LogP contribution in [0.25, 0.3) is 0 Å². The highest BCUT2D eigenvalue weighted by atomic mass is 32.2. The Kier molecular flexibility index (Phi) is 5.50. The third kappa shape index (κ3) is 3.78. The Morgan fingerprint density at radius 1 is 1.32 bits per heavy atom. The molecule has 0 aliphatic heterocycles. The van der Waals surface area contributed by atoms with Gasteiger partial charge in [0.25, 0.3) is 5.91 Å². The molecule has 1 N–H and O–H groups in total. The lowest BCUT2D eigenvalue weighted by atomic mass is 10.2. The zero-order valence-corrected chi connectivity index (χ0v) is 12.3. The highest BCUT2D eigenvalue weighted by Gasteiger charge is 2.20. The summed E-state index contributed by atoms with van der Waals surface area (Å²) in [6, 6.07) is 6.10. The Balaban J connectivity index is 3.08. The Bertz CT molecular complexity index is 541. The van der Waals surface area contributed by atoms with Crippen molar-refractivity contribution in [2.45, 2.75) is 25.2 Å². The molecule has 1 amide bonds. The summed E-state index contributed by atoms with van der Waals surface area (Å²) in [5, 5.41) is 2.65. The van der Waals surface area contributed by atoms with Crippen LogP contribution in [0.3, 0.4) is 0 Å². The van der Waals surface area contributed by atoms with Crippen LogP contribution < -0.4 is 5.32 Å². The average molecular weight is 284 g/mol. The van der Waals surface area contributed by atoms with E-state index in [2.05, 4.69) is 5.32 Å². The Labute approximate surface area is 114 Å². The highest BCUT2D eigenvalue weighted by Crippen LogP contribution is 2.16. The van der Waals surface area contributed by atoms with Crippen molar-refractivity contribution in [2.75, 3.05) is 20.1 Å². The van der Waals surface area contributed by atoms with Gasteiger partial charge < -0.3 is 5.32 Å². The molecular formula is C13H20N2O3S. The second kappa shape index (κ2) is 6.68. The van der Waals surface area contributed by atoms with E-state index in [-0.39, 0.29) is 10.8 Å². The van der Waals surface area contributed by atoms with Crippen LogP contribution in [0.5, 0.6) is 0 Å². The molecule has 0 heterocycles. The molecule has 0 spiro atoms. The van der Waals surface area contributed by atoms with E-state index in [0.717, 1.165) is 6.42 Å². The van der Waals surface area contributed by atoms with E-state index in [1.54, 1.807) is 12.1 Å². The molecule has 19 heavy (non-hydrogen) atoms. The summed E-state index contributed by atoms with van der Waals surface area (Å²) in [4.78, 5) is 11.8. The van der Waals surface area contributed by atoms with Crippen molar-refractivity contribution in [1.29, 1.82) is 0 Å². The maximum atomic E-state index is 12.2. The zero-order valence-electron chi connectivity index (χ0n) is 11.5. The standard InChI is InChI=1S/C13H20N2O3S/c1-4-9-15(3)19(17,18)12-8-6-7-11(10-12)13(16)14-5-2/h6-8,10H,4-5,9H2,1-3H3,(H,14,16). The van der Waals surface area contributed by atoms with Crippen molar-refractivity contribution >= 4 is 15.9 Å². The van der Waals surface area contributed by atoms with E-state index in [4.69, 9.17) is 0 Å². The Hall–Kier alpha value is -1.40. The summed E-state index contributed by atoms with van der Waals surface area (Å²) in [6.45, 7) is 4.68. The van der Waals surface area contributed by atoms with E-state index in [9.17, 15) is 13.2 Å². The lowest BCUT2D eigenvalue weighted by Crippen LogP contribution is -2.28. The number of amides is 1. The minimum absolute atomic E-state index is 0.146. The number of hydrogen-bond acceptors (Lipinski definition) is 3. The number of hydrogen-bond donors (Lipinski definition) is 1. The molecule has 0 bridgehead atoms. The Morgan fingerprint density at radius 3 is 2.58 bits per heavy atom. The van der Waals surface area contributed by atoms with Crippen molar-refractivity contribution in [3.8, 4) is 0 Å². The molecular weight excluding hydrogens is 264 g/mol. The summed E-state index contributed by atoms with van der Waals surface area (Å²) < 4.78 is 25.8. The fourth-order valence-corrected chi connectivity index (χ4v) is 2.98. The van der Waals surface area contributed by atoms with Gasteiger partial charge in [0.1, 0.15) is 0 Å². The van der Waals surface area contributed by atoms with Gasteiger partial charge in [0, 0.05) is 25.7 Å². The molecule has 0 fully saturated rings. The van der Waals surface area contributed by atoms with Crippen molar-refractivity contribution in [3.63, 3.8) is 0 Å². The van der Waals surface area contributed by atoms with E-state index < -0.39 is 10.0 Å². The maximum absolute atomic E-state index is 12.2. The first-order chi connectivity index (χ1) is 8.93. The predicted octanol–water partition coefficient (Wildman–Crippen LogP) is 1.47. The van der Waals surface area contributed by atoms with Crippen LogP contribution in [0.1, 0.15) is 30.6 Å². The summed E-state index contributed by atoms with van der Waals surface area (Å²) in [5.41, 5.74) is 0.354. The first-order valence-corrected chi connectivity index (χ1v) is 7.72. The quantitative estimate of drug-likeness (QED) is 0.860. The smallest absolute Gasteiger partial charge is 0.251 e. The van der Waals surface area contributed by atoms with Gasteiger partial charge in [0.15, 0.2) is 0 Å². The maximum Gasteiger partial charge on any atom is 0.251 e. The van der Waals surface area contributed by atoms with Crippen LogP contribution in [0.2, 0.25) is 0 Å². The minimum atomic E-state index is -3.52. The summed E-state index contributed by atoms with van der Waals surface area (Å²) in [6.07, 6.45) is 0.742. The molecule has 0 atom stereocenters. The topological polar surface area (TPSA) is 66.5 Å². The Morgan fingerprint density at radius 2 is 2.00 bits per heavy atom. The number of nitrogens with zero attached hydrogens (tertiary/aromatic N) is 1. The van der Waals surface area contributed by atoms with Gasteiger partial charge in [-0.3, -0.25) is 4.79 Å². The van der Waals surface area contributed by atoms with Gasteiger partial charge in [-0.1, -0.05) is 13.0 Å². The van der Waals surface area contributed by atoms with Crippen molar-refractivity contribution in [1.82, 2.24) is 9.62 Å². The van der Waals surface area contributed by atoms with Gasteiger partial charge in [0.2, 0.25) is 10.0 Å². The molecule has 0 radical (unpaired) electrons. The summed E-state index contributed by atoms with van der Waals surface area (Å²) >= 11 is 0. The number of nitrogens with one attached hydrogen (secondary N) is 1. The fraction of sp³-hybridized carbons (Fsp3) is 0.462. The van der Waals surface area contributed by atoms with Gasteiger partial charge >= 0.3 is 0 Å². The second-order valence-corrected chi connectivity index (χ2v) is 6.26. The molecule has 6 heteroatoms. The first-order valence-electron chi connectivity index (χ1n) is 6.28. The molecule has 106 valence electrons. The normalized spacial score (nSPS) is 11.6. The van der Waals surface area contributed by atoms with Crippen molar-refractivity contribution in [3.05, 3.63) is 29.8 Å². The van der Waals surface area contributed by atoms with Crippen LogP contribution in [0.15, 0.2) is 29.2 Å². The summed E-state index contributed by atoms with van der Waals surface area (Å²) in [5.74, 6) is -0.266. The predicted molar refractivity (Wildman–Crippen MR) is 74.6 cm³/mol. The third-order valence-electron chi connectivity index (χ3n) is 2.68. The van der Waals surface area contributed by atoms with Gasteiger partial charge in [-0.05, 0) is 31.5 Å². The van der Waals surface area contributed by atoms with E-state index in [0.29, 0.717) is 18.7 Å². The van der Waals surface area contributed by atoms with Gasteiger partial charge in [0.05, 0.1) is 4.90 Å². The zero-order chi connectivity index (χ0) is 14.5. The van der Waals surface area contributed by atoms with Crippen LogP contribution >= 0.6 is 0 Å². The second-order valence-electron chi connectivity index (χ2n) is 4.21. The summed E-state index contributed by atoms with van der Waals surface area (Å²) in [7, 11) is -1.98. The molecule has 1 rings (SSSR count). The first kappa shape index (κ1) is 15.7. The average Bonchev–Trinajstić information content (AvgIpc) is 2.39. The van der Waals surface area contributed by atoms with Gasteiger partial charge in [-0.25, -0.2) is 12.7 Å². The van der Waals surface area contributed by atoms with Crippen LogP contribution in [0.4, 0.5) is 0 Å². The molecule has 5 nitrogen and oxygen atoms in total. The molecule has 1 aromatic rings. The monoisotopic (exact) mass is 284 g/mol. The van der Waals surface area contributed by atoms with Crippen molar-refractivity contribution in [2.24, 2.45) is 0 Å². The molecule has 0 saturated heterocycles. The lowest BCUT2D eigenvalue weighted by molar-refractivity contribution is 0.0955. The molecule has 0 aliphatic carbocycles. The fourth-order valence-electron chi connectivity index (χ4n) is 1.68. The van der Waals surface area contributed by atoms with E-state index in [1.807, 2.05) is 13.8 Å². The van der Waals surface area contributed by atoms with Gasteiger partial charge in [-0.2, -0.15) is 0 Å². The molecule has 0 aromatic heterocycles.